The van der Waals surface area contributed by atoms with Gasteiger partial charge in [-0.2, -0.15) is 0 Å². The third-order valence-corrected chi connectivity index (χ3v) is 6.91. The largest absolute Gasteiger partial charge is 0.480 e. The van der Waals surface area contributed by atoms with E-state index in [1.165, 1.54) is 4.90 Å². The number of hydrogen-bond donors (Lipinski definition) is 6. The lowest BCUT2D eigenvalue weighted by Crippen LogP contribution is -2.57. The van der Waals surface area contributed by atoms with Crippen molar-refractivity contribution in [2.75, 3.05) is 6.54 Å². The molecule has 1 aromatic carbocycles. The van der Waals surface area contributed by atoms with E-state index in [9.17, 15) is 29.1 Å². The summed E-state index contributed by atoms with van der Waals surface area (Å²) in [4.78, 5) is 67.3. The zero-order valence-corrected chi connectivity index (χ0v) is 22.3. The summed E-state index contributed by atoms with van der Waals surface area (Å²) in [5, 5.41) is 15.6. The van der Waals surface area contributed by atoms with Crippen molar-refractivity contribution in [1.29, 1.82) is 0 Å². The number of hydrogen-bond acceptors (Lipinski definition) is 6. The van der Waals surface area contributed by atoms with E-state index in [1.54, 1.807) is 6.20 Å². The number of nitrogens with one attached hydrogen (secondary N) is 3. The minimum absolute atomic E-state index is 0.0667. The number of primary amides is 1. The molecule has 4 amide bonds. The number of aromatic nitrogens is 1. The standard InChI is InChI=1S/C27H38N6O6/c1-15(2)12-18(28)26(37)33-11-5-8-22(33)25(36)32-21(13-16-14-30-19-7-4-3-6-17(16)19)24(35)31-20(27(38)39)9-10-23(29)34/h3-4,6-7,14-15,18,20-22,30H,5,8-13,28H2,1-2H3,(H2,29,34)(H,31,35)(H,32,36)(H,38,39). The number of carboxylic acid groups (broad SMARTS) is 1. The van der Waals surface area contributed by atoms with E-state index >= 15 is 0 Å². The molecule has 0 bridgehead atoms. The Kier molecular flexibility index (Phi) is 10.0. The Morgan fingerprint density at radius 3 is 2.51 bits per heavy atom. The predicted octanol–water partition coefficient (Wildman–Crippen LogP) is 0.395. The first-order valence-electron chi connectivity index (χ1n) is 13.2. The number of carbonyl (C=O) groups excluding carboxylic acids is 4. The number of aliphatic carboxylic acids is 1. The highest BCUT2D eigenvalue weighted by Gasteiger charge is 2.38. The number of H-pyrrole nitrogens is 1. The van der Waals surface area contributed by atoms with Crippen molar-refractivity contribution in [2.45, 2.75) is 76.5 Å². The number of para-hydroxylation sites is 1. The molecule has 12 heteroatoms. The second kappa shape index (κ2) is 13.2. The molecule has 1 aliphatic rings. The molecule has 3 rings (SSSR count). The van der Waals surface area contributed by atoms with E-state index in [1.807, 2.05) is 38.1 Å². The molecular formula is C27H38N6O6. The second-order valence-electron chi connectivity index (χ2n) is 10.5. The van der Waals surface area contributed by atoms with Gasteiger partial charge in [-0.1, -0.05) is 32.0 Å². The summed E-state index contributed by atoms with van der Waals surface area (Å²) < 4.78 is 0. The first kappa shape index (κ1) is 29.6. The van der Waals surface area contributed by atoms with Crippen molar-refractivity contribution < 1.29 is 29.1 Å². The molecule has 4 unspecified atom stereocenters. The van der Waals surface area contributed by atoms with E-state index in [0.717, 1.165) is 16.5 Å². The lowest BCUT2D eigenvalue weighted by atomic mass is 10.0. The molecule has 0 radical (unpaired) electrons. The van der Waals surface area contributed by atoms with Crippen LogP contribution in [0.25, 0.3) is 10.9 Å². The van der Waals surface area contributed by atoms with Gasteiger partial charge < -0.3 is 37.1 Å². The topological polar surface area (TPSA) is 201 Å². The first-order valence-corrected chi connectivity index (χ1v) is 13.2. The lowest BCUT2D eigenvalue weighted by Gasteiger charge is -2.29. The summed E-state index contributed by atoms with van der Waals surface area (Å²) >= 11 is 0. The summed E-state index contributed by atoms with van der Waals surface area (Å²) in [5.74, 6) is -3.36. The molecule has 2 heterocycles. The van der Waals surface area contributed by atoms with Gasteiger partial charge >= 0.3 is 5.97 Å². The van der Waals surface area contributed by atoms with Crippen LogP contribution in [-0.2, 0) is 30.4 Å². The molecule has 4 atom stereocenters. The maximum Gasteiger partial charge on any atom is 0.326 e. The Morgan fingerprint density at radius 2 is 1.85 bits per heavy atom. The minimum atomic E-state index is -1.37. The summed E-state index contributed by atoms with van der Waals surface area (Å²) in [6, 6.07) is 3.42. The van der Waals surface area contributed by atoms with Crippen LogP contribution in [0.4, 0.5) is 0 Å². The van der Waals surface area contributed by atoms with Gasteiger partial charge in [0.25, 0.3) is 0 Å². The summed E-state index contributed by atoms with van der Waals surface area (Å²) in [5.41, 5.74) is 12.8. The van der Waals surface area contributed by atoms with Crippen molar-refractivity contribution in [3.05, 3.63) is 36.0 Å². The van der Waals surface area contributed by atoms with E-state index < -0.39 is 47.9 Å². The van der Waals surface area contributed by atoms with Crippen molar-refractivity contribution in [1.82, 2.24) is 20.5 Å². The SMILES string of the molecule is CC(C)CC(N)C(=O)N1CCCC1C(=O)NC(Cc1c[nH]c2ccccc12)C(=O)NC(CCC(N)=O)C(=O)O. The molecule has 1 fully saturated rings. The van der Waals surface area contributed by atoms with Crippen LogP contribution in [0.5, 0.6) is 0 Å². The van der Waals surface area contributed by atoms with Crippen LogP contribution in [0.3, 0.4) is 0 Å². The fourth-order valence-corrected chi connectivity index (χ4v) is 4.94. The van der Waals surface area contributed by atoms with Gasteiger partial charge in [-0.15, -0.1) is 0 Å². The Bertz CT molecular complexity index is 1210. The molecule has 1 saturated heterocycles. The number of carbonyl (C=O) groups is 5. The van der Waals surface area contributed by atoms with Crippen LogP contribution in [-0.4, -0.2) is 75.3 Å². The van der Waals surface area contributed by atoms with Crippen molar-refractivity contribution in [2.24, 2.45) is 17.4 Å². The number of aromatic amines is 1. The molecule has 12 nitrogen and oxygen atoms in total. The van der Waals surface area contributed by atoms with Gasteiger partial charge in [0.1, 0.15) is 18.1 Å². The number of rotatable bonds is 13. The predicted molar refractivity (Wildman–Crippen MR) is 144 cm³/mol. The molecule has 39 heavy (non-hydrogen) atoms. The highest BCUT2D eigenvalue weighted by atomic mass is 16.4. The molecule has 0 aliphatic carbocycles. The summed E-state index contributed by atoms with van der Waals surface area (Å²) in [7, 11) is 0. The molecule has 1 aliphatic heterocycles. The third-order valence-electron chi connectivity index (χ3n) is 6.91. The average molecular weight is 543 g/mol. The number of amides is 4. The maximum absolute atomic E-state index is 13.4. The number of nitrogens with two attached hydrogens (primary N) is 2. The van der Waals surface area contributed by atoms with Gasteiger partial charge in [0.05, 0.1) is 6.04 Å². The quantitative estimate of drug-likeness (QED) is 0.210. The summed E-state index contributed by atoms with van der Waals surface area (Å²) in [6.45, 7) is 4.31. The number of benzene rings is 1. The Balaban J connectivity index is 1.82. The smallest absolute Gasteiger partial charge is 0.326 e. The van der Waals surface area contributed by atoms with Gasteiger partial charge in [0.2, 0.25) is 23.6 Å². The van der Waals surface area contributed by atoms with E-state index in [-0.39, 0.29) is 31.1 Å². The van der Waals surface area contributed by atoms with Gasteiger partial charge in [0, 0.05) is 36.5 Å². The number of fused-ring (bicyclic) bond motifs is 1. The van der Waals surface area contributed by atoms with Gasteiger partial charge in [0.15, 0.2) is 0 Å². The Morgan fingerprint density at radius 1 is 1.13 bits per heavy atom. The Labute approximate surface area is 226 Å². The number of likely N-dealkylation sites (tertiary alicyclic amines) is 1. The molecule has 1 aromatic heterocycles. The highest BCUT2D eigenvalue weighted by Crippen LogP contribution is 2.22. The van der Waals surface area contributed by atoms with Gasteiger partial charge in [-0.3, -0.25) is 19.2 Å². The summed E-state index contributed by atoms with van der Waals surface area (Å²) in [6.07, 6.45) is 2.90. The molecule has 212 valence electrons. The van der Waals surface area contributed by atoms with E-state index in [0.29, 0.717) is 25.8 Å². The van der Waals surface area contributed by atoms with E-state index in [4.69, 9.17) is 11.5 Å². The average Bonchev–Trinajstić information content (AvgIpc) is 3.52. The normalized spacial score (nSPS) is 17.5. The van der Waals surface area contributed by atoms with Crippen LogP contribution in [0.15, 0.2) is 30.5 Å². The first-order chi connectivity index (χ1) is 18.5. The number of carboxylic acids is 1. The van der Waals surface area contributed by atoms with Crippen LogP contribution in [0.1, 0.15) is 51.5 Å². The molecular weight excluding hydrogens is 504 g/mol. The zero-order chi connectivity index (χ0) is 28.7. The molecule has 0 spiro atoms. The van der Waals surface area contributed by atoms with Gasteiger partial charge in [-0.05, 0) is 43.2 Å². The van der Waals surface area contributed by atoms with Crippen molar-refractivity contribution >= 4 is 40.5 Å². The number of nitrogens with zero attached hydrogens (tertiary/aromatic N) is 1. The second-order valence-corrected chi connectivity index (χ2v) is 10.5. The van der Waals surface area contributed by atoms with Crippen molar-refractivity contribution in [3.8, 4) is 0 Å². The zero-order valence-electron chi connectivity index (χ0n) is 22.3. The molecule has 2 aromatic rings. The fraction of sp³-hybridized carbons (Fsp3) is 0.519. The van der Waals surface area contributed by atoms with Crippen LogP contribution < -0.4 is 22.1 Å². The fourth-order valence-electron chi connectivity index (χ4n) is 4.94. The van der Waals surface area contributed by atoms with Crippen LogP contribution >= 0.6 is 0 Å². The third kappa shape index (κ3) is 7.79. The minimum Gasteiger partial charge on any atom is -0.480 e. The highest BCUT2D eigenvalue weighted by molar-refractivity contribution is 5.95. The maximum atomic E-state index is 13.4. The van der Waals surface area contributed by atoms with E-state index in [2.05, 4.69) is 15.6 Å². The molecule has 0 saturated carbocycles. The molecule has 8 N–H and O–H groups in total. The van der Waals surface area contributed by atoms with Crippen molar-refractivity contribution in [3.63, 3.8) is 0 Å². The van der Waals surface area contributed by atoms with Gasteiger partial charge in [-0.25, -0.2) is 4.79 Å². The van der Waals surface area contributed by atoms with Crippen LogP contribution in [0.2, 0.25) is 0 Å². The lowest BCUT2D eigenvalue weighted by molar-refractivity contribution is -0.143. The Hall–Kier alpha value is -3.93. The van der Waals surface area contributed by atoms with Crippen LogP contribution in [0, 0.1) is 5.92 Å². The monoisotopic (exact) mass is 542 g/mol.